The zero-order valence-corrected chi connectivity index (χ0v) is 7.73. The van der Waals surface area contributed by atoms with Crippen LogP contribution in [0.2, 0.25) is 0 Å². The molecule has 0 bridgehead atoms. The van der Waals surface area contributed by atoms with E-state index in [9.17, 15) is 19.2 Å². The number of nitrogens with two attached hydrogens (primary N) is 1. The number of H-pyrrole nitrogens is 2. The highest BCUT2D eigenvalue weighted by Crippen LogP contribution is 1.94. The lowest BCUT2D eigenvalue weighted by Gasteiger charge is -2.10. The van der Waals surface area contributed by atoms with Gasteiger partial charge in [0.05, 0.1) is 0 Å². The summed E-state index contributed by atoms with van der Waals surface area (Å²) < 4.78 is 0.545. The smallest absolute Gasteiger partial charge is 0.292 e. The highest BCUT2D eigenvalue weighted by atomic mass is 16.2. The number of hydrazine groups is 1. The predicted octanol–water partition coefficient (Wildman–Crippen LogP) is -3.22. The average molecular weight is 215 g/mol. The number of carbonyl (C=O) groups excluding carboxylic acids is 1. The minimum atomic E-state index is -1.11. The number of nitrogens with one attached hydrogen (secondary N) is 3. The molecule has 0 spiro atoms. The number of carbonyl (C=O) groups is 1. The Morgan fingerprint density at radius 3 is 2.20 bits per heavy atom. The lowest BCUT2D eigenvalue weighted by atomic mass is 10.3. The average Bonchev–Trinajstić information content (AvgIpc) is 2.14. The summed E-state index contributed by atoms with van der Waals surface area (Å²) in [5.74, 6) is 4.11. The maximum absolute atomic E-state index is 11.2. The Hall–Kier alpha value is -2.16. The monoisotopic (exact) mass is 215 g/mol. The minimum Gasteiger partial charge on any atom is -0.292 e. The van der Waals surface area contributed by atoms with Crippen LogP contribution in [0.1, 0.15) is 13.0 Å². The van der Waals surface area contributed by atoms with Crippen LogP contribution in [0.4, 0.5) is 0 Å². The molecule has 9 nitrogen and oxygen atoms in total. The van der Waals surface area contributed by atoms with Crippen molar-refractivity contribution in [2.24, 2.45) is 5.84 Å². The van der Waals surface area contributed by atoms with Crippen LogP contribution in [0.5, 0.6) is 0 Å². The number of hydrogen-bond acceptors (Lipinski definition) is 5. The summed E-state index contributed by atoms with van der Waals surface area (Å²) in [7, 11) is 0. The van der Waals surface area contributed by atoms with Crippen LogP contribution in [0.3, 0.4) is 0 Å². The molecular weight excluding hydrogens is 206 g/mol. The van der Waals surface area contributed by atoms with Gasteiger partial charge in [0.1, 0.15) is 6.04 Å². The highest BCUT2D eigenvalue weighted by Gasteiger charge is 2.17. The molecule has 1 atom stereocenters. The van der Waals surface area contributed by atoms with Crippen molar-refractivity contribution in [3.8, 4) is 0 Å². The molecule has 1 rings (SSSR count). The molecule has 0 saturated heterocycles. The molecule has 0 saturated carbocycles. The summed E-state index contributed by atoms with van der Waals surface area (Å²) in [6.45, 7) is 1.29. The van der Waals surface area contributed by atoms with Crippen molar-refractivity contribution in [2.75, 3.05) is 0 Å². The molecule has 15 heavy (non-hydrogen) atoms. The van der Waals surface area contributed by atoms with Gasteiger partial charge in [-0.05, 0) is 6.92 Å². The van der Waals surface area contributed by atoms with E-state index >= 15 is 0 Å². The zero-order valence-electron chi connectivity index (χ0n) is 7.73. The second-order valence-electron chi connectivity index (χ2n) is 2.74. The summed E-state index contributed by atoms with van der Waals surface area (Å²) in [5.41, 5.74) is -1.08. The second-order valence-corrected chi connectivity index (χ2v) is 2.74. The molecule has 9 heteroatoms. The molecule has 1 aromatic rings. The first-order valence-electron chi connectivity index (χ1n) is 3.93. The van der Waals surface area contributed by atoms with Gasteiger partial charge in [0.15, 0.2) is 0 Å². The Labute approximate surface area is 81.9 Å². The largest absolute Gasteiger partial charge is 0.334 e. The van der Waals surface area contributed by atoms with Gasteiger partial charge in [-0.2, -0.15) is 0 Å². The third kappa shape index (κ3) is 2.02. The third-order valence-corrected chi connectivity index (χ3v) is 1.79. The van der Waals surface area contributed by atoms with Crippen LogP contribution in [-0.2, 0) is 4.79 Å². The summed E-state index contributed by atoms with van der Waals surface area (Å²) >= 11 is 0. The van der Waals surface area contributed by atoms with E-state index < -0.39 is 29.0 Å². The molecule has 82 valence electrons. The van der Waals surface area contributed by atoms with E-state index in [0.717, 1.165) is 0 Å². The van der Waals surface area contributed by atoms with E-state index in [2.05, 4.69) is 0 Å². The van der Waals surface area contributed by atoms with E-state index in [4.69, 9.17) is 5.84 Å². The topological polar surface area (TPSA) is 143 Å². The standard InChI is InChI=1S/C6H9N5O4/c1-2(3(12)10-7)11-5(14)8-4(13)9-6(11)15/h2H,7H2,1H3,(H,10,12)(H2,8,9,13,14,15). The van der Waals surface area contributed by atoms with Gasteiger partial charge in [0, 0.05) is 0 Å². The Balaban J connectivity index is 3.39. The Bertz CT molecular complexity index is 503. The number of aromatic amines is 2. The first kappa shape index (κ1) is 10.9. The fraction of sp³-hybridized carbons (Fsp3) is 0.333. The van der Waals surface area contributed by atoms with Gasteiger partial charge in [0.25, 0.3) is 5.91 Å². The van der Waals surface area contributed by atoms with Gasteiger partial charge in [-0.25, -0.2) is 24.8 Å². The summed E-state index contributed by atoms with van der Waals surface area (Å²) in [6, 6.07) is -1.11. The lowest BCUT2D eigenvalue weighted by Crippen LogP contribution is -2.49. The van der Waals surface area contributed by atoms with Crippen molar-refractivity contribution in [3.63, 3.8) is 0 Å². The van der Waals surface area contributed by atoms with Gasteiger partial charge in [0.2, 0.25) is 0 Å². The molecule has 1 aromatic heterocycles. The number of amides is 1. The summed E-state index contributed by atoms with van der Waals surface area (Å²) in [4.78, 5) is 47.7. The molecule has 0 radical (unpaired) electrons. The highest BCUT2D eigenvalue weighted by molar-refractivity contribution is 5.79. The minimum absolute atomic E-state index is 0.545. The number of aromatic nitrogens is 3. The molecule has 0 aliphatic heterocycles. The van der Waals surface area contributed by atoms with Gasteiger partial charge < -0.3 is 0 Å². The SMILES string of the molecule is CC(C(=O)NN)n1c(=O)[nH]c(=O)[nH]c1=O. The Morgan fingerprint density at radius 2 is 1.80 bits per heavy atom. The second kappa shape index (κ2) is 3.92. The molecule has 1 heterocycles. The first-order chi connectivity index (χ1) is 6.97. The van der Waals surface area contributed by atoms with Crippen LogP contribution in [0.15, 0.2) is 14.4 Å². The van der Waals surface area contributed by atoms with Crippen LogP contribution < -0.4 is 28.3 Å². The van der Waals surface area contributed by atoms with E-state index in [1.54, 1.807) is 5.43 Å². The van der Waals surface area contributed by atoms with Gasteiger partial charge >= 0.3 is 17.1 Å². The zero-order chi connectivity index (χ0) is 11.6. The van der Waals surface area contributed by atoms with E-state index in [1.165, 1.54) is 6.92 Å². The maximum Gasteiger partial charge on any atom is 0.334 e. The lowest BCUT2D eigenvalue weighted by molar-refractivity contribution is -0.124. The van der Waals surface area contributed by atoms with Crippen LogP contribution in [0, 0.1) is 0 Å². The van der Waals surface area contributed by atoms with Gasteiger partial charge in [-0.15, -0.1) is 0 Å². The molecule has 1 unspecified atom stereocenters. The molecular formula is C6H9N5O4. The third-order valence-electron chi connectivity index (χ3n) is 1.79. The van der Waals surface area contributed by atoms with Crippen molar-refractivity contribution in [1.82, 2.24) is 20.0 Å². The maximum atomic E-state index is 11.2. The van der Waals surface area contributed by atoms with Crippen LogP contribution >= 0.6 is 0 Å². The number of hydrogen-bond donors (Lipinski definition) is 4. The fourth-order valence-electron chi connectivity index (χ4n) is 1.03. The molecule has 0 fully saturated rings. The molecule has 0 aliphatic carbocycles. The van der Waals surface area contributed by atoms with E-state index in [-0.39, 0.29) is 0 Å². The number of nitrogens with zero attached hydrogens (tertiary/aromatic N) is 1. The fourth-order valence-corrected chi connectivity index (χ4v) is 1.03. The normalized spacial score (nSPS) is 12.1. The molecule has 5 N–H and O–H groups in total. The molecule has 0 aromatic carbocycles. The van der Waals surface area contributed by atoms with Crippen LogP contribution in [-0.4, -0.2) is 20.4 Å². The molecule has 1 amide bonds. The number of rotatable bonds is 2. The van der Waals surface area contributed by atoms with E-state index in [0.29, 0.717) is 4.57 Å². The van der Waals surface area contributed by atoms with Gasteiger partial charge in [-0.1, -0.05) is 0 Å². The summed E-state index contributed by atoms with van der Waals surface area (Å²) in [5, 5.41) is 0. The Kier molecular flexibility index (Phi) is 2.85. The van der Waals surface area contributed by atoms with Crippen LogP contribution in [0.25, 0.3) is 0 Å². The van der Waals surface area contributed by atoms with Crippen molar-refractivity contribution >= 4 is 5.91 Å². The summed E-state index contributed by atoms with van der Waals surface area (Å²) in [6.07, 6.45) is 0. The molecule has 0 aliphatic rings. The van der Waals surface area contributed by atoms with Gasteiger partial charge in [-0.3, -0.25) is 20.2 Å². The van der Waals surface area contributed by atoms with Crippen molar-refractivity contribution in [3.05, 3.63) is 31.5 Å². The quantitative estimate of drug-likeness (QED) is 0.233. The Morgan fingerprint density at radius 1 is 1.33 bits per heavy atom. The first-order valence-corrected chi connectivity index (χ1v) is 3.93. The van der Waals surface area contributed by atoms with Crippen molar-refractivity contribution in [2.45, 2.75) is 13.0 Å². The van der Waals surface area contributed by atoms with Crippen molar-refractivity contribution in [1.29, 1.82) is 0 Å². The van der Waals surface area contributed by atoms with Crippen molar-refractivity contribution < 1.29 is 4.79 Å². The van der Waals surface area contributed by atoms with E-state index in [1.807, 2.05) is 9.97 Å². The predicted molar refractivity (Wildman–Crippen MR) is 49.0 cm³/mol.